The van der Waals surface area contributed by atoms with Gasteiger partial charge in [-0.05, 0) is 33.6 Å². The van der Waals surface area contributed by atoms with Gasteiger partial charge < -0.3 is 10.7 Å². The van der Waals surface area contributed by atoms with E-state index in [1.807, 2.05) is 24.3 Å². The highest BCUT2D eigenvalue weighted by Gasteiger charge is 2.07. The number of rotatable bonds is 4. The molecule has 0 atom stereocenters. The van der Waals surface area contributed by atoms with Crippen molar-refractivity contribution in [2.45, 2.75) is 6.54 Å². The SMILES string of the molecule is NNc1ncnc(NCc2cccc(Br)c2)c1Br. The van der Waals surface area contributed by atoms with Crippen LogP contribution in [0.2, 0.25) is 0 Å². The van der Waals surface area contributed by atoms with Gasteiger partial charge in [-0.3, -0.25) is 0 Å². The van der Waals surface area contributed by atoms with Gasteiger partial charge in [0, 0.05) is 11.0 Å². The number of nitrogens with two attached hydrogens (primary N) is 1. The topological polar surface area (TPSA) is 75.9 Å². The first kappa shape index (κ1) is 13.3. The Morgan fingerprint density at radius 1 is 1.17 bits per heavy atom. The van der Waals surface area contributed by atoms with Crippen LogP contribution in [0.25, 0.3) is 0 Å². The van der Waals surface area contributed by atoms with Crippen LogP contribution in [0.1, 0.15) is 5.56 Å². The van der Waals surface area contributed by atoms with E-state index in [1.54, 1.807) is 0 Å². The van der Waals surface area contributed by atoms with Crippen molar-refractivity contribution in [1.29, 1.82) is 0 Å². The van der Waals surface area contributed by atoms with E-state index >= 15 is 0 Å². The highest BCUT2D eigenvalue weighted by molar-refractivity contribution is 9.11. The molecule has 94 valence electrons. The summed E-state index contributed by atoms with van der Waals surface area (Å²) in [4.78, 5) is 8.13. The molecule has 0 spiro atoms. The van der Waals surface area contributed by atoms with Gasteiger partial charge in [0.2, 0.25) is 0 Å². The van der Waals surface area contributed by atoms with E-state index < -0.39 is 0 Å². The van der Waals surface area contributed by atoms with Gasteiger partial charge >= 0.3 is 0 Å². The molecule has 0 aliphatic heterocycles. The first-order valence-corrected chi connectivity index (χ1v) is 6.74. The Morgan fingerprint density at radius 2 is 1.94 bits per heavy atom. The maximum Gasteiger partial charge on any atom is 0.159 e. The molecule has 2 rings (SSSR count). The van der Waals surface area contributed by atoms with Crippen molar-refractivity contribution in [2.75, 3.05) is 10.7 Å². The molecular weight excluding hydrogens is 362 g/mol. The van der Waals surface area contributed by atoms with Crippen molar-refractivity contribution < 1.29 is 0 Å². The standard InChI is InChI=1S/C11H11Br2N5/c12-8-3-1-2-7(4-8)5-15-10-9(13)11(18-14)17-6-16-10/h1-4,6H,5,14H2,(H2,15,16,17,18). The number of nitrogens with one attached hydrogen (secondary N) is 2. The number of aromatic nitrogens is 2. The zero-order valence-electron chi connectivity index (χ0n) is 9.32. The van der Waals surface area contributed by atoms with E-state index in [0.29, 0.717) is 22.7 Å². The number of halogens is 2. The molecule has 0 aliphatic carbocycles. The maximum atomic E-state index is 5.34. The molecule has 0 saturated carbocycles. The molecule has 0 saturated heterocycles. The summed E-state index contributed by atoms with van der Waals surface area (Å²) in [7, 11) is 0. The molecule has 7 heteroatoms. The number of benzene rings is 1. The second kappa shape index (κ2) is 6.12. The number of nitrogens with zero attached hydrogens (tertiary/aromatic N) is 2. The average Bonchev–Trinajstić information content (AvgIpc) is 2.38. The van der Waals surface area contributed by atoms with Crippen molar-refractivity contribution >= 4 is 43.5 Å². The third kappa shape index (κ3) is 3.18. The molecule has 0 amide bonds. The minimum atomic E-state index is 0.543. The van der Waals surface area contributed by atoms with Crippen molar-refractivity contribution in [3.63, 3.8) is 0 Å². The van der Waals surface area contributed by atoms with Gasteiger partial charge in [-0.25, -0.2) is 15.8 Å². The van der Waals surface area contributed by atoms with Gasteiger partial charge in [0.25, 0.3) is 0 Å². The molecule has 1 heterocycles. The van der Waals surface area contributed by atoms with Crippen molar-refractivity contribution in [3.8, 4) is 0 Å². The molecule has 0 unspecified atom stereocenters. The highest BCUT2D eigenvalue weighted by atomic mass is 79.9. The minimum absolute atomic E-state index is 0.543. The highest BCUT2D eigenvalue weighted by Crippen LogP contribution is 2.26. The lowest BCUT2D eigenvalue weighted by Gasteiger charge is -2.09. The lowest BCUT2D eigenvalue weighted by molar-refractivity contribution is 1.06. The fourth-order valence-electron chi connectivity index (χ4n) is 1.43. The molecule has 0 bridgehead atoms. The summed E-state index contributed by atoms with van der Waals surface area (Å²) in [6.07, 6.45) is 1.45. The van der Waals surface area contributed by atoms with Crippen LogP contribution in [0, 0.1) is 0 Å². The van der Waals surface area contributed by atoms with E-state index in [4.69, 9.17) is 5.84 Å². The van der Waals surface area contributed by atoms with Crippen molar-refractivity contribution in [1.82, 2.24) is 9.97 Å². The van der Waals surface area contributed by atoms with Gasteiger partial charge in [0.1, 0.15) is 16.6 Å². The zero-order valence-corrected chi connectivity index (χ0v) is 12.5. The van der Waals surface area contributed by atoms with Gasteiger partial charge in [0.15, 0.2) is 5.82 Å². The summed E-state index contributed by atoms with van der Waals surface area (Å²) in [5, 5.41) is 3.22. The molecular formula is C11H11Br2N5. The summed E-state index contributed by atoms with van der Waals surface area (Å²) < 4.78 is 1.76. The Bertz CT molecular complexity index is 547. The third-order valence-electron chi connectivity index (χ3n) is 2.28. The lowest BCUT2D eigenvalue weighted by Crippen LogP contribution is -2.11. The van der Waals surface area contributed by atoms with E-state index in [9.17, 15) is 0 Å². The van der Waals surface area contributed by atoms with Crippen LogP contribution in [0.5, 0.6) is 0 Å². The second-order valence-corrected chi connectivity index (χ2v) is 5.22. The Morgan fingerprint density at radius 3 is 2.67 bits per heavy atom. The maximum absolute atomic E-state index is 5.34. The molecule has 2 aromatic rings. The molecule has 0 radical (unpaired) electrons. The van der Waals surface area contributed by atoms with Crippen molar-refractivity contribution in [3.05, 3.63) is 45.1 Å². The first-order chi connectivity index (χ1) is 8.70. The van der Waals surface area contributed by atoms with Crippen molar-refractivity contribution in [2.24, 2.45) is 5.84 Å². The van der Waals surface area contributed by atoms with E-state index in [-0.39, 0.29) is 0 Å². The van der Waals surface area contributed by atoms with Gasteiger partial charge in [0.05, 0.1) is 0 Å². The smallest absolute Gasteiger partial charge is 0.159 e. The fraction of sp³-hybridized carbons (Fsp3) is 0.0909. The Kier molecular flexibility index (Phi) is 4.51. The van der Waals surface area contributed by atoms with E-state index in [2.05, 4.69) is 52.6 Å². The summed E-state index contributed by atoms with van der Waals surface area (Å²) in [6, 6.07) is 8.06. The summed E-state index contributed by atoms with van der Waals surface area (Å²) >= 11 is 6.83. The number of nitrogen functional groups attached to an aromatic ring is 1. The van der Waals surface area contributed by atoms with Crippen LogP contribution in [0.4, 0.5) is 11.6 Å². The molecule has 1 aromatic carbocycles. The molecule has 18 heavy (non-hydrogen) atoms. The predicted octanol–water partition coefficient (Wildman–Crippen LogP) is 2.90. The van der Waals surface area contributed by atoms with Gasteiger partial charge in [-0.1, -0.05) is 28.1 Å². The molecule has 0 fully saturated rings. The number of hydrogen-bond donors (Lipinski definition) is 3. The Hall–Kier alpha value is -1.18. The zero-order chi connectivity index (χ0) is 13.0. The molecule has 0 aliphatic rings. The fourth-order valence-corrected chi connectivity index (χ4v) is 2.33. The van der Waals surface area contributed by atoms with E-state index in [1.165, 1.54) is 6.33 Å². The monoisotopic (exact) mass is 371 g/mol. The van der Waals surface area contributed by atoms with E-state index in [0.717, 1.165) is 10.0 Å². The van der Waals surface area contributed by atoms with Crippen LogP contribution in [-0.4, -0.2) is 9.97 Å². The molecule has 4 N–H and O–H groups in total. The van der Waals surface area contributed by atoms with Crippen LogP contribution in [0.15, 0.2) is 39.5 Å². The third-order valence-corrected chi connectivity index (χ3v) is 3.52. The second-order valence-electron chi connectivity index (χ2n) is 3.51. The van der Waals surface area contributed by atoms with Crippen LogP contribution in [0.3, 0.4) is 0 Å². The number of anilines is 2. The first-order valence-electron chi connectivity index (χ1n) is 5.16. The quantitative estimate of drug-likeness (QED) is 0.568. The lowest BCUT2D eigenvalue weighted by atomic mass is 10.2. The summed E-state index contributed by atoms with van der Waals surface area (Å²) in [5.41, 5.74) is 3.65. The Labute approximate surface area is 121 Å². The van der Waals surface area contributed by atoms with Crippen LogP contribution in [-0.2, 0) is 6.54 Å². The Balaban J connectivity index is 2.11. The van der Waals surface area contributed by atoms with Gasteiger partial charge in [-0.15, -0.1) is 0 Å². The van der Waals surface area contributed by atoms with Crippen LogP contribution < -0.4 is 16.6 Å². The minimum Gasteiger partial charge on any atom is -0.365 e. The van der Waals surface area contributed by atoms with Gasteiger partial charge in [-0.2, -0.15) is 0 Å². The normalized spacial score (nSPS) is 10.2. The number of hydrazine groups is 1. The molecule has 1 aromatic heterocycles. The molecule has 5 nitrogen and oxygen atoms in total. The summed E-state index contributed by atoms with van der Waals surface area (Å²) in [6.45, 7) is 0.666. The largest absolute Gasteiger partial charge is 0.365 e. The predicted molar refractivity (Wildman–Crippen MR) is 79.0 cm³/mol. The van der Waals surface area contributed by atoms with Crippen LogP contribution >= 0.6 is 31.9 Å². The summed E-state index contributed by atoms with van der Waals surface area (Å²) in [5.74, 6) is 6.58. The average molecular weight is 373 g/mol. The number of hydrogen-bond acceptors (Lipinski definition) is 5.